The number of aliphatic hydroxyl groups is 2. The molecule has 7 nitrogen and oxygen atoms in total. The van der Waals surface area contributed by atoms with Crippen LogP contribution in [0.5, 0.6) is 0 Å². The van der Waals surface area contributed by atoms with Gasteiger partial charge in [0.05, 0.1) is 17.3 Å². The summed E-state index contributed by atoms with van der Waals surface area (Å²) in [5.41, 5.74) is -2.15. The van der Waals surface area contributed by atoms with Crippen molar-refractivity contribution < 1.29 is 34.0 Å². The van der Waals surface area contributed by atoms with Crippen LogP contribution in [-0.2, 0) is 23.8 Å². The molecule has 2 N–H and O–H groups in total. The molecule has 0 aromatic heterocycles. The molecule has 0 aromatic carbocycles. The Labute approximate surface area is 190 Å². The second-order valence-electron chi connectivity index (χ2n) is 10.5. The van der Waals surface area contributed by atoms with E-state index in [1.165, 1.54) is 0 Å². The zero-order chi connectivity index (χ0) is 24.2. The van der Waals surface area contributed by atoms with Crippen LogP contribution in [0, 0.1) is 17.3 Å². The number of allylic oxidation sites excluding steroid dienone is 2. The van der Waals surface area contributed by atoms with Crippen molar-refractivity contribution in [1.29, 1.82) is 0 Å². The fraction of sp³-hybridized carbons (Fsp3) is 0.760. The number of epoxide rings is 1. The molecule has 0 spiro atoms. The molecule has 180 valence electrons. The van der Waals surface area contributed by atoms with Crippen LogP contribution in [0.25, 0.3) is 0 Å². The first kappa shape index (κ1) is 24.9. The van der Waals surface area contributed by atoms with Crippen LogP contribution < -0.4 is 0 Å². The van der Waals surface area contributed by atoms with Gasteiger partial charge >= 0.3 is 11.9 Å². The van der Waals surface area contributed by atoms with E-state index >= 15 is 0 Å². The van der Waals surface area contributed by atoms with Gasteiger partial charge in [-0.15, -0.1) is 0 Å². The third-order valence-electron chi connectivity index (χ3n) is 8.26. The Hall–Kier alpha value is -1.70. The minimum Gasteiger partial charge on any atom is -0.458 e. The average molecular weight is 451 g/mol. The van der Waals surface area contributed by atoms with Gasteiger partial charge < -0.3 is 24.4 Å². The zero-order valence-electron chi connectivity index (χ0n) is 20.5. The molecule has 2 aliphatic carbocycles. The molecule has 0 amide bonds. The lowest BCUT2D eigenvalue weighted by atomic mass is 9.66. The lowest BCUT2D eigenvalue weighted by Crippen LogP contribution is -2.56. The average Bonchev–Trinajstić information content (AvgIpc) is 3.33. The summed E-state index contributed by atoms with van der Waals surface area (Å²) in [7, 11) is 0. The van der Waals surface area contributed by atoms with Gasteiger partial charge in [0.2, 0.25) is 0 Å². The van der Waals surface area contributed by atoms with Crippen LogP contribution in [-0.4, -0.2) is 57.8 Å². The molecule has 1 saturated heterocycles. The molecule has 0 radical (unpaired) electrons. The number of aliphatic hydroxyl groups excluding tert-OH is 1. The van der Waals surface area contributed by atoms with Gasteiger partial charge in [-0.25, -0.2) is 9.59 Å². The molecular weight excluding hydrogens is 412 g/mol. The summed E-state index contributed by atoms with van der Waals surface area (Å²) >= 11 is 0. The Morgan fingerprint density at radius 3 is 2.06 bits per heavy atom. The predicted octanol–water partition coefficient (Wildman–Crippen LogP) is 3.08. The minimum atomic E-state index is -1.31. The van der Waals surface area contributed by atoms with E-state index in [1.807, 2.05) is 27.7 Å². The topological polar surface area (TPSA) is 106 Å². The van der Waals surface area contributed by atoms with Crippen molar-refractivity contribution in [2.24, 2.45) is 17.3 Å². The summed E-state index contributed by atoms with van der Waals surface area (Å²) in [6.45, 7) is 14.4. The van der Waals surface area contributed by atoms with Crippen molar-refractivity contribution in [2.45, 2.75) is 104 Å². The first-order chi connectivity index (χ1) is 14.8. The van der Waals surface area contributed by atoms with Crippen LogP contribution in [0.4, 0.5) is 0 Å². The van der Waals surface area contributed by atoms with Gasteiger partial charge in [0.25, 0.3) is 0 Å². The summed E-state index contributed by atoms with van der Waals surface area (Å²) in [5.74, 6) is -1.81. The van der Waals surface area contributed by atoms with Gasteiger partial charge in [-0.3, -0.25) is 0 Å². The van der Waals surface area contributed by atoms with Crippen molar-refractivity contribution in [2.75, 3.05) is 0 Å². The van der Waals surface area contributed by atoms with Crippen LogP contribution in [0.2, 0.25) is 0 Å². The number of hydrogen-bond acceptors (Lipinski definition) is 7. The first-order valence-electron chi connectivity index (χ1n) is 11.5. The second kappa shape index (κ2) is 8.26. The number of fused-ring (bicyclic) bond motifs is 2. The summed E-state index contributed by atoms with van der Waals surface area (Å²) in [5, 5.41) is 23.2. The van der Waals surface area contributed by atoms with E-state index in [2.05, 4.69) is 0 Å². The second-order valence-corrected chi connectivity index (χ2v) is 10.5. The molecule has 8 atom stereocenters. The number of carbonyl (C=O) groups excluding carboxylic acids is 2. The monoisotopic (exact) mass is 450 g/mol. The molecule has 3 aliphatic rings. The van der Waals surface area contributed by atoms with Crippen LogP contribution >= 0.6 is 0 Å². The standard InChI is InChI=1S/C25H38O7/c1-9-14(5)21(27)30-16-11-23(7)19(32-23)20(31-22(28)15(6)10-2)24(8)17(26)12-25(29,13(3)4)18(16)24/h9-10,13,16-20,26,29H,11-12H2,1-8H3/b14-9+,15-10+/t16-,17-,18+,19+,20-,23-,24+,25+/m0/s1. The third-order valence-corrected chi connectivity index (χ3v) is 8.26. The summed E-state index contributed by atoms with van der Waals surface area (Å²) in [6, 6.07) is 0. The smallest absolute Gasteiger partial charge is 0.333 e. The summed E-state index contributed by atoms with van der Waals surface area (Å²) in [6.07, 6.45) is 0.855. The van der Waals surface area contributed by atoms with Gasteiger partial charge in [-0.2, -0.15) is 0 Å². The minimum absolute atomic E-state index is 0.0998. The molecule has 0 aromatic rings. The fourth-order valence-electron chi connectivity index (χ4n) is 5.70. The van der Waals surface area contributed by atoms with E-state index in [-0.39, 0.29) is 12.3 Å². The van der Waals surface area contributed by atoms with E-state index < -0.39 is 58.9 Å². The highest BCUT2D eigenvalue weighted by Crippen LogP contribution is 2.64. The highest BCUT2D eigenvalue weighted by atomic mass is 16.6. The van der Waals surface area contributed by atoms with Crippen LogP contribution in [0.15, 0.2) is 23.3 Å². The maximum Gasteiger partial charge on any atom is 0.333 e. The highest BCUT2D eigenvalue weighted by molar-refractivity contribution is 5.88. The zero-order valence-corrected chi connectivity index (χ0v) is 20.5. The molecule has 1 aliphatic heterocycles. The molecule has 3 fully saturated rings. The van der Waals surface area contributed by atoms with Gasteiger partial charge in [0.1, 0.15) is 18.3 Å². The Bertz CT molecular complexity index is 845. The van der Waals surface area contributed by atoms with E-state index in [9.17, 15) is 19.8 Å². The van der Waals surface area contributed by atoms with E-state index in [1.54, 1.807) is 39.8 Å². The van der Waals surface area contributed by atoms with Gasteiger partial charge in [-0.05, 0) is 40.5 Å². The Balaban J connectivity index is 2.12. The highest BCUT2D eigenvalue weighted by Gasteiger charge is 2.76. The third kappa shape index (κ3) is 3.72. The first-order valence-corrected chi connectivity index (χ1v) is 11.5. The van der Waals surface area contributed by atoms with E-state index in [0.717, 1.165) is 0 Å². The Morgan fingerprint density at radius 2 is 1.56 bits per heavy atom. The molecule has 0 bridgehead atoms. The molecule has 3 rings (SSSR count). The maximum absolute atomic E-state index is 12.8. The SMILES string of the molecule is C/C=C(\C)C(=O)O[C@H]1C[C@]2(C)O[C@@H]2[C@H](OC(=O)/C(C)=C/C)[C@@]2(C)[C@@H]1[C@](O)(C(C)C)C[C@@H]2O. The number of hydrogen-bond donors (Lipinski definition) is 2. The van der Waals surface area contributed by atoms with Crippen molar-refractivity contribution in [3.8, 4) is 0 Å². The van der Waals surface area contributed by atoms with Gasteiger partial charge in [-0.1, -0.05) is 32.9 Å². The molecule has 7 heteroatoms. The number of rotatable bonds is 5. The van der Waals surface area contributed by atoms with Gasteiger partial charge in [0.15, 0.2) is 0 Å². The van der Waals surface area contributed by atoms with Crippen LogP contribution in [0.1, 0.15) is 68.2 Å². The number of ether oxygens (including phenoxy) is 3. The van der Waals surface area contributed by atoms with Crippen molar-refractivity contribution in [3.05, 3.63) is 23.3 Å². The van der Waals surface area contributed by atoms with E-state index in [4.69, 9.17) is 14.2 Å². The van der Waals surface area contributed by atoms with E-state index in [0.29, 0.717) is 17.6 Å². The Morgan fingerprint density at radius 1 is 1.03 bits per heavy atom. The normalized spacial score (nSPS) is 43.9. The fourth-order valence-corrected chi connectivity index (χ4v) is 5.70. The molecule has 2 saturated carbocycles. The van der Waals surface area contributed by atoms with Crippen molar-refractivity contribution >= 4 is 11.9 Å². The van der Waals surface area contributed by atoms with Crippen molar-refractivity contribution in [3.63, 3.8) is 0 Å². The number of carbonyl (C=O) groups is 2. The lowest BCUT2D eigenvalue weighted by molar-refractivity contribution is -0.186. The predicted molar refractivity (Wildman–Crippen MR) is 119 cm³/mol. The maximum atomic E-state index is 12.8. The Kier molecular flexibility index (Phi) is 6.44. The van der Waals surface area contributed by atoms with Crippen molar-refractivity contribution in [1.82, 2.24) is 0 Å². The quantitative estimate of drug-likeness (QED) is 0.377. The summed E-state index contributed by atoms with van der Waals surface area (Å²) < 4.78 is 18.0. The summed E-state index contributed by atoms with van der Waals surface area (Å²) in [4.78, 5) is 25.5. The molecule has 0 unspecified atom stereocenters. The largest absolute Gasteiger partial charge is 0.458 e. The van der Waals surface area contributed by atoms with Crippen LogP contribution in [0.3, 0.4) is 0 Å². The molecule has 32 heavy (non-hydrogen) atoms. The molecule has 1 heterocycles. The lowest BCUT2D eigenvalue weighted by Gasteiger charge is -2.46. The van der Waals surface area contributed by atoms with Gasteiger partial charge in [0, 0.05) is 35.3 Å². The molecular formula is C25H38O7. The number of esters is 2.